The number of aryl methyl sites for hydroxylation is 2. The Morgan fingerprint density at radius 3 is 2.40 bits per heavy atom. The maximum absolute atomic E-state index is 14.3. The molecule has 8 nitrogen and oxygen atoms in total. The highest BCUT2D eigenvalue weighted by atomic mass is 32.1. The number of ether oxygens (including phenoxy) is 1. The van der Waals surface area contributed by atoms with Gasteiger partial charge in [0, 0.05) is 5.69 Å². The summed E-state index contributed by atoms with van der Waals surface area (Å²) in [4.78, 5) is 36.4. The number of nitrogens with one attached hydrogen (secondary N) is 2. The lowest BCUT2D eigenvalue weighted by Crippen LogP contribution is -2.17. The second kappa shape index (κ2) is 8.86. The number of carbonyl (C=O) groups excluding carboxylic acids is 2. The fraction of sp³-hybridized carbons (Fsp3) is 0.167. The van der Waals surface area contributed by atoms with E-state index in [1.165, 1.54) is 23.6 Å². The van der Waals surface area contributed by atoms with Gasteiger partial charge in [0.2, 0.25) is 5.88 Å². The average Bonchev–Trinajstić information content (AvgIpc) is 3.11. The molecule has 0 unspecified atom stereocenters. The van der Waals surface area contributed by atoms with Crippen LogP contribution in [0.25, 0.3) is 0 Å². The molecule has 0 saturated heterocycles. The molecule has 0 radical (unpaired) electrons. The first-order valence-electron chi connectivity index (χ1n) is 8.35. The van der Waals surface area contributed by atoms with Crippen LogP contribution in [0.5, 0.6) is 5.88 Å². The molecule has 0 fully saturated rings. The number of rotatable bonds is 6. The van der Waals surface area contributed by atoms with Crippen molar-refractivity contribution in [3.05, 3.63) is 57.6 Å². The number of nitrogens with zero attached hydrogens (tertiary/aromatic N) is 3. The van der Waals surface area contributed by atoms with E-state index in [1.807, 2.05) is 0 Å². The Kier molecular flexibility index (Phi) is 6.26. The molecule has 0 aliphatic rings. The van der Waals surface area contributed by atoms with Crippen LogP contribution in [0.2, 0.25) is 0 Å². The molecular formula is C18H14F3N5O3S. The van der Waals surface area contributed by atoms with E-state index in [0.29, 0.717) is 15.4 Å². The van der Waals surface area contributed by atoms with Crippen LogP contribution in [0, 0.1) is 19.7 Å². The van der Waals surface area contributed by atoms with E-state index in [9.17, 15) is 22.8 Å². The Hall–Kier alpha value is -3.54. The highest BCUT2D eigenvalue weighted by Gasteiger charge is 2.18. The van der Waals surface area contributed by atoms with Crippen molar-refractivity contribution in [2.24, 2.45) is 0 Å². The molecule has 2 heterocycles. The van der Waals surface area contributed by atoms with E-state index in [2.05, 4.69) is 30.3 Å². The normalized spacial score (nSPS) is 10.7. The molecule has 0 atom stereocenters. The van der Waals surface area contributed by atoms with Gasteiger partial charge >= 0.3 is 6.61 Å². The molecule has 0 spiro atoms. The molecule has 3 aromatic rings. The van der Waals surface area contributed by atoms with Crippen molar-refractivity contribution in [1.29, 1.82) is 0 Å². The quantitative estimate of drug-likeness (QED) is 0.608. The maximum Gasteiger partial charge on any atom is 0.388 e. The zero-order valence-electron chi connectivity index (χ0n) is 15.6. The fourth-order valence-corrected chi connectivity index (χ4v) is 3.02. The number of alkyl halides is 2. The number of thiazole rings is 1. The van der Waals surface area contributed by atoms with Crippen LogP contribution in [0.3, 0.4) is 0 Å². The number of hydrogen-bond donors (Lipinski definition) is 2. The van der Waals surface area contributed by atoms with Crippen molar-refractivity contribution in [2.45, 2.75) is 20.5 Å². The standard InChI is InChI=1S/C18H14F3N5O3S/c1-8-3-11(19)10(4-12(8)25-17(28)13-5-22-9(2)30-13)16(27)26-14-6-24-15(7-23-14)29-18(20)21/h3-7,18H,1-2H3,(H,25,28)(H,23,26,27). The Labute approximate surface area is 172 Å². The third-order valence-electron chi connectivity index (χ3n) is 3.73. The number of carbonyl (C=O) groups is 2. The minimum absolute atomic E-state index is 0.104. The van der Waals surface area contributed by atoms with Crippen molar-refractivity contribution < 1.29 is 27.5 Å². The summed E-state index contributed by atoms with van der Waals surface area (Å²) in [5.41, 5.74) is 0.294. The van der Waals surface area contributed by atoms with Crippen LogP contribution >= 0.6 is 11.3 Å². The molecule has 3 rings (SSSR count). The van der Waals surface area contributed by atoms with Crippen molar-refractivity contribution in [3.63, 3.8) is 0 Å². The van der Waals surface area contributed by atoms with Gasteiger partial charge in [-0.1, -0.05) is 0 Å². The zero-order valence-corrected chi connectivity index (χ0v) is 16.4. The second-order valence-corrected chi connectivity index (χ2v) is 7.15. The number of halogens is 3. The lowest BCUT2D eigenvalue weighted by molar-refractivity contribution is -0.0531. The number of aromatic nitrogens is 3. The molecule has 2 aromatic heterocycles. The second-order valence-electron chi connectivity index (χ2n) is 5.92. The zero-order chi connectivity index (χ0) is 21.8. The van der Waals surface area contributed by atoms with Gasteiger partial charge in [0.15, 0.2) is 5.82 Å². The molecule has 12 heteroatoms. The van der Waals surface area contributed by atoms with Crippen LogP contribution < -0.4 is 15.4 Å². The van der Waals surface area contributed by atoms with E-state index >= 15 is 0 Å². The number of hydrogen-bond acceptors (Lipinski definition) is 7. The topological polar surface area (TPSA) is 106 Å². The SMILES string of the molecule is Cc1ncc(C(=O)Nc2cc(C(=O)Nc3cnc(OC(F)F)cn3)c(F)cc2C)s1. The van der Waals surface area contributed by atoms with Gasteiger partial charge in [0.05, 0.1) is 29.2 Å². The highest BCUT2D eigenvalue weighted by Crippen LogP contribution is 2.23. The van der Waals surface area contributed by atoms with Crippen molar-refractivity contribution in [1.82, 2.24) is 15.0 Å². The predicted octanol–water partition coefficient (Wildman–Crippen LogP) is 3.80. The Morgan fingerprint density at radius 1 is 1.03 bits per heavy atom. The highest BCUT2D eigenvalue weighted by molar-refractivity contribution is 7.13. The molecule has 2 N–H and O–H groups in total. The minimum Gasteiger partial charge on any atom is -0.415 e. The molecule has 2 amide bonds. The van der Waals surface area contributed by atoms with Crippen LogP contribution in [0.1, 0.15) is 30.6 Å². The van der Waals surface area contributed by atoms with E-state index < -0.39 is 30.1 Å². The fourth-order valence-electron chi connectivity index (χ4n) is 2.35. The maximum atomic E-state index is 14.3. The Bertz CT molecular complexity index is 1090. The first-order valence-corrected chi connectivity index (χ1v) is 9.16. The third-order valence-corrected chi connectivity index (χ3v) is 4.64. The average molecular weight is 437 g/mol. The number of benzene rings is 1. The largest absolute Gasteiger partial charge is 0.415 e. The Balaban J connectivity index is 1.77. The van der Waals surface area contributed by atoms with Gasteiger partial charge in [-0.25, -0.2) is 19.3 Å². The van der Waals surface area contributed by atoms with Crippen LogP contribution in [0.4, 0.5) is 24.7 Å². The monoisotopic (exact) mass is 437 g/mol. The van der Waals surface area contributed by atoms with Crippen molar-refractivity contribution in [3.8, 4) is 5.88 Å². The molecule has 0 saturated carbocycles. The van der Waals surface area contributed by atoms with Gasteiger partial charge < -0.3 is 15.4 Å². The summed E-state index contributed by atoms with van der Waals surface area (Å²) < 4.78 is 42.7. The predicted molar refractivity (Wildman–Crippen MR) is 103 cm³/mol. The summed E-state index contributed by atoms with van der Waals surface area (Å²) in [6.45, 7) is 0.261. The first-order chi connectivity index (χ1) is 14.2. The van der Waals surface area contributed by atoms with Gasteiger partial charge in [0.1, 0.15) is 10.7 Å². The molecule has 30 heavy (non-hydrogen) atoms. The molecule has 0 bridgehead atoms. The summed E-state index contributed by atoms with van der Waals surface area (Å²) in [5.74, 6) is -2.67. The van der Waals surface area contributed by atoms with Crippen LogP contribution in [-0.2, 0) is 0 Å². The molecule has 0 aliphatic carbocycles. The third kappa shape index (κ3) is 5.08. The molecule has 1 aromatic carbocycles. The van der Waals surface area contributed by atoms with Gasteiger partial charge in [-0.2, -0.15) is 8.78 Å². The van der Waals surface area contributed by atoms with E-state index in [4.69, 9.17) is 0 Å². The molecule has 156 valence electrons. The molecule has 0 aliphatic heterocycles. The van der Waals surface area contributed by atoms with Gasteiger partial charge in [-0.15, -0.1) is 11.3 Å². The summed E-state index contributed by atoms with van der Waals surface area (Å²) in [6.07, 6.45) is 3.29. The van der Waals surface area contributed by atoms with Crippen LogP contribution in [-0.4, -0.2) is 33.4 Å². The minimum atomic E-state index is -3.07. The van der Waals surface area contributed by atoms with E-state index in [0.717, 1.165) is 18.5 Å². The number of amides is 2. The summed E-state index contributed by atoms with van der Waals surface area (Å²) in [5, 5.41) is 5.63. The number of anilines is 2. The van der Waals surface area contributed by atoms with Crippen LogP contribution in [0.15, 0.2) is 30.7 Å². The first kappa shape index (κ1) is 21.2. The molecular weight excluding hydrogens is 423 g/mol. The summed E-state index contributed by atoms with van der Waals surface area (Å²) >= 11 is 1.19. The van der Waals surface area contributed by atoms with Gasteiger partial charge in [-0.05, 0) is 31.5 Å². The Morgan fingerprint density at radius 2 is 1.80 bits per heavy atom. The summed E-state index contributed by atoms with van der Waals surface area (Å²) in [6, 6.07) is 2.29. The lowest BCUT2D eigenvalue weighted by Gasteiger charge is -2.11. The summed E-state index contributed by atoms with van der Waals surface area (Å²) in [7, 11) is 0. The lowest BCUT2D eigenvalue weighted by atomic mass is 10.1. The van der Waals surface area contributed by atoms with Gasteiger partial charge in [-0.3, -0.25) is 9.59 Å². The van der Waals surface area contributed by atoms with E-state index in [1.54, 1.807) is 13.8 Å². The van der Waals surface area contributed by atoms with E-state index in [-0.39, 0.29) is 17.1 Å². The van der Waals surface area contributed by atoms with Crippen molar-refractivity contribution in [2.75, 3.05) is 10.6 Å². The smallest absolute Gasteiger partial charge is 0.388 e. The van der Waals surface area contributed by atoms with Gasteiger partial charge in [0.25, 0.3) is 11.8 Å². The van der Waals surface area contributed by atoms with Crippen molar-refractivity contribution >= 4 is 34.7 Å².